The van der Waals surface area contributed by atoms with Gasteiger partial charge in [-0.05, 0) is 49.2 Å². The van der Waals surface area contributed by atoms with Gasteiger partial charge in [-0.15, -0.1) is 0 Å². The first-order valence-corrected chi connectivity index (χ1v) is 9.47. The van der Waals surface area contributed by atoms with E-state index in [4.69, 9.17) is 4.98 Å². The molecular weight excluding hydrogens is 343 g/mol. The lowest BCUT2D eigenvalue weighted by atomic mass is 10.2. The lowest BCUT2D eigenvalue weighted by Crippen LogP contribution is -2.49. The fourth-order valence-electron chi connectivity index (χ4n) is 3.82. The first-order chi connectivity index (χ1) is 13.2. The van der Waals surface area contributed by atoms with Crippen LogP contribution in [0.15, 0.2) is 48.7 Å². The van der Waals surface area contributed by atoms with E-state index in [1.54, 1.807) is 12.1 Å². The second-order valence-electron chi connectivity index (χ2n) is 7.30. The zero-order valence-corrected chi connectivity index (χ0v) is 15.0. The van der Waals surface area contributed by atoms with Crippen molar-refractivity contribution in [1.82, 2.24) is 14.3 Å². The molecule has 2 aliphatic rings. The fourth-order valence-corrected chi connectivity index (χ4v) is 3.82. The molecule has 1 aliphatic carbocycles. The molecule has 2 fully saturated rings. The van der Waals surface area contributed by atoms with E-state index in [1.165, 1.54) is 12.1 Å². The molecule has 138 valence electrons. The second kappa shape index (κ2) is 6.37. The zero-order chi connectivity index (χ0) is 18.4. The first-order valence-electron chi connectivity index (χ1n) is 9.47. The Kier molecular flexibility index (Phi) is 3.85. The number of carbonyl (C=O) groups excluding carboxylic acids is 1. The van der Waals surface area contributed by atoms with Gasteiger partial charge in [0, 0.05) is 44.0 Å². The van der Waals surface area contributed by atoms with Crippen LogP contribution in [0.1, 0.15) is 35.1 Å². The Morgan fingerprint density at radius 2 is 1.74 bits per heavy atom. The third kappa shape index (κ3) is 2.95. The van der Waals surface area contributed by atoms with Crippen molar-refractivity contribution in [1.29, 1.82) is 0 Å². The number of hydrogen-bond donors (Lipinski definition) is 0. The molecule has 1 saturated heterocycles. The van der Waals surface area contributed by atoms with Gasteiger partial charge < -0.3 is 14.2 Å². The van der Waals surface area contributed by atoms with E-state index in [0.717, 1.165) is 43.0 Å². The molecule has 1 aromatic carbocycles. The third-order valence-electron chi connectivity index (χ3n) is 5.48. The van der Waals surface area contributed by atoms with E-state index in [9.17, 15) is 9.18 Å². The van der Waals surface area contributed by atoms with Crippen molar-refractivity contribution >= 4 is 17.1 Å². The summed E-state index contributed by atoms with van der Waals surface area (Å²) in [7, 11) is 0. The van der Waals surface area contributed by atoms with Crippen LogP contribution in [0, 0.1) is 5.82 Å². The van der Waals surface area contributed by atoms with E-state index >= 15 is 0 Å². The number of aromatic nitrogens is 2. The van der Waals surface area contributed by atoms with Gasteiger partial charge in [0.2, 0.25) is 0 Å². The van der Waals surface area contributed by atoms with Crippen molar-refractivity contribution in [3.8, 4) is 0 Å². The summed E-state index contributed by atoms with van der Waals surface area (Å²) in [4.78, 5) is 21.9. The number of imidazole rings is 1. The van der Waals surface area contributed by atoms with Gasteiger partial charge in [-0.3, -0.25) is 4.79 Å². The highest BCUT2D eigenvalue weighted by Gasteiger charge is 2.32. The first kappa shape index (κ1) is 16.3. The molecule has 27 heavy (non-hydrogen) atoms. The minimum absolute atomic E-state index is 0.00403. The number of hydrogen-bond acceptors (Lipinski definition) is 3. The van der Waals surface area contributed by atoms with Gasteiger partial charge in [-0.25, -0.2) is 9.37 Å². The summed E-state index contributed by atoms with van der Waals surface area (Å²) in [6.07, 6.45) is 4.30. The van der Waals surface area contributed by atoms with Crippen molar-refractivity contribution in [2.75, 3.05) is 31.1 Å². The molecule has 1 saturated carbocycles. The van der Waals surface area contributed by atoms with Gasteiger partial charge in [0.25, 0.3) is 5.91 Å². The predicted molar refractivity (Wildman–Crippen MR) is 102 cm³/mol. The van der Waals surface area contributed by atoms with Crippen molar-refractivity contribution in [3.63, 3.8) is 0 Å². The Hall–Kier alpha value is -2.89. The average molecular weight is 364 g/mol. The maximum Gasteiger partial charge on any atom is 0.274 e. The van der Waals surface area contributed by atoms with Crippen LogP contribution >= 0.6 is 0 Å². The molecule has 0 atom stereocenters. The maximum absolute atomic E-state index is 13.1. The number of fused-ring (bicyclic) bond motifs is 1. The summed E-state index contributed by atoms with van der Waals surface area (Å²) < 4.78 is 15.2. The lowest BCUT2D eigenvalue weighted by Gasteiger charge is -2.35. The van der Waals surface area contributed by atoms with Gasteiger partial charge >= 0.3 is 0 Å². The van der Waals surface area contributed by atoms with Crippen molar-refractivity contribution in [2.45, 2.75) is 18.8 Å². The molecule has 1 amide bonds. The van der Waals surface area contributed by atoms with Crippen LogP contribution in [0.3, 0.4) is 0 Å². The molecule has 3 aromatic rings. The monoisotopic (exact) mass is 364 g/mol. The standard InChI is InChI=1S/C21H21FN4O/c22-16-6-8-17(9-7-16)24-11-13-25(14-12-24)21(27)19-18-3-1-2-10-26(18)20(23-19)15-4-5-15/h1-3,6-10,15H,4-5,11-14H2. The number of benzene rings is 1. The summed E-state index contributed by atoms with van der Waals surface area (Å²) in [5.74, 6) is 1.27. The van der Waals surface area contributed by atoms with E-state index in [2.05, 4.69) is 9.30 Å². The SMILES string of the molecule is O=C(c1nc(C2CC2)n2ccccc12)N1CCN(c2ccc(F)cc2)CC1. The molecule has 0 unspecified atom stereocenters. The topological polar surface area (TPSA) is 40.9 Å². The Morgan fingerprint density at radius 1 is 1.00 bits per heavy atom. The molecular formula is C21H21FN4O. The fraction of sp³-hybridized carbons (Fsp3) is 0.333. The van der Waals surface area contributed by atoms with E-state index in [-0.39, 0.29) is 11.7 Å². The Balaban J connectivity index is 1.35. The molecule has 0 spiro atoms. The lowest BCUT2D eigenvalue weighted by molar-refractivity contribution is 0.0743. The van der Waals surface area contributed by atoms with Crippen LogP contribution in [0.2, 0.25) is 0 Å². The largest absolute Gasteiger partial charge is 0.368 e. The molecule has 0 bridgehead atoms. The summed E-state index contributed by atoms with van der Waals surface area (Å²) in [5.41, 5.74) is 2.45. The normalized spacial score (nSPS) is 17.5. The van der Waals surface area contributed by atoms with Crippen LogP contribution in [0.5, 0.6) is 0 Å². The summed E-state index contributed by atoms with van der Waals surface area (Å²) >= 11 is 0. The van der Waals surface area contributed by atoms with Gasteiger partial charge in [0.15, 0.2) is 5.69 Å². The van der Waals surface area contributed by atoms with Crippen molar-refractivity contribution in [3.05, 3.63) is 66.0 Å². The minimum Gasteiger partial charge on any atom is -0.368 e. The minimum atomic E-state index is -0.231. The summed E-state index contributed by atoms with van der Waals surface area (Å²) in [6, 6.07) is 12.4. The van der Waals surface area contributed by atoms with Crippen molar-refractivity contribution in [2.24, 2.45) is 0 Å². The molecule has 1 aliphatic heterocycles. The molecule has 3 heterocycles. The molecule has 5 nitrogen and oxygen atoms in total. The zero-order valence-electron chi connectivity index (χ0n) is 15.0. The Morgan fingerprint density at radius 3 is 2.44 bits per heavy atom. The number of amides is 1. The number of anilines is 1. The maximum atomic E-state index is 13.1. The molecule has 0 N–H and O–H groups in total. The number of nitrogens with zero attached hydrogens (tertiary/aromatic N) is 4. The number of pyridine rings is 1. The van der Waals surface area contributed by atoms with Gasteiger partial charge in [0.05, 0.1) is 5.52 Å². The molecule has 6 heteroatoms. The quantitative estimate of drug-likeness (QED) is 0.716. The Labute approximate surface area is 157 Å². The van der Waals surface area contributed by atoms with Crippen LogP contribution in [0.4, 0.5) is 10.1 Å². The number of halogens is 1. The summed E-state index contributed by atoms with van der Waals surface area (Å²) in [5, 5.41) is 0. The van der Waals surface area contributed by atoms with E-state index in [0.29, 0.717) is 24.7 Å². The molecule has 5 rings (SSSR count). The van der Waals surface area contributed by atoms with Crippen molar-refractivity contribution < 1.29 is 9.18 Å². The number of rotatable bonds is 3. The highest BCUT2D eigenvalue weighted by molar-refractivity contribution is 5.99. The average Bonchev–Trinajstić information content (AvgIpc) is 3.48. The highest BCUT2D eigenvalue weighted by atomic mass is 19.1. The number of piperazine rings is 1. The third-order valence-corrected chi connectivity index (χ3v) is 5.48. The van der Waals surface area contributed by atoms with Gasteiger partial charge in [-0.1, -0.05) is 6.07 Å². The highest BCUT2D eigenvalue weighted by Crippen LogP contribution is 2.40. The van der Waals surface area contributed by atoms with Crippen LogP contribution < -0.4 is 4.90 Å². The molecule has 0 radical (unpaired) electrons. The van der Waals surface area contributed by atoms with Gasteiger partial charge in [-0.2, -0.15) is 0 Å². The van der Waals surface area contributed by atoms with E-state index < -0.39 is 0 Å². The predicted octanol–water partition coefficient (Wildman–Crippen LogP) is 3.31. The van der Waals surface area contributed by atoms with E-state index in [1.807, 2.05) is 29.3 Å². The van der Waals surface area contributed by atoms with Gasteiger partial charge in [0.1, 0.15) is 11.6 Å². The Bertz CT molecular complexity index is 985. The van der Waals surface area contributed by atoms with Crippen LogP contribution in [0.25, 0.3) is 5.52 Å². The van der Waals surface area contributed by atoms with Crippen LogP contribution in [-0.4, -0.2) is 46.4 Å². The molecule has 2 aromatic heterocycles. The smallest absolute Gasteiger partial charge is 0.274 e. The van der Waals surface area contributed by atoms with Crippen LogP contribution in [-0.2, 0) is 0 Å². The number of carbonyl (C=O) groups is 1. The summed E-state index contributed by atoms with van der Waals surface area (Å²) in [6.45, 7) is 2.75. The second-order valence-corrected chi connectivity index (χ2v) is 7.30.